The third-order valence-corrected chi connectivity index (χ3v) is 2.75. The first-order chi connectivity index (χ1) is 6.63. The highest BCUT2D eigenvalue weighted by Crippen LogP contribution is 2.12. The maximum Gasteiger partial charge on any atom is 0.320 e. The molecule has 0 aliphatic heterocycles. The first kappa shape index (κ1) is 13.3. The summed E-state index contributed by atoms with van der Waals surface area (Å²) in [5.41, 5.74) is 0. The van der Waals surface area contributed by atoms with Crippen molar-refractivity contribution in [1.82, 2.24) is 0 Å². The fourth-order valence-electron chi connectivity index (χ4n) is 1.02. The second-order valence-electron chi connectivity index (χ2n) is 2.75. The molecule has 5 heteroatoms. The zero-order valence-corrected chi connectivity index (χ0v) is 9.30. The van der Waals surface area contributed by atoms with Crippen LogP contribution in [0.5, 0.6) is 0 Å². The minimum atomic E-state index is -1.10. The molecule has 4 nitrogen and oxygen atoms in total. The van der Waals surface area contributed by atoms with E-state index in [1.807, 2.05) is 6.92 Å². The Balaban J connectivity index is 3.86. The van der Waals surface area contributed by atoms with Crippen molar-refractivity contribution in [2.75, 3.05) is 18.6 Å². The molecule has 0 radical (unpaired) electrons. The predicted molar refractivity (Wildman–Crippen MR) is 55.4 cm³/mol. The van der Waals surface area contributed by atoms with Gasteiger partial charge in [0.05, 0.1) is 7.11 Å². The fourth-order valence-corrected chi connectivity index (χ4v) is 1.68. The number of carbonyl (C=O) groups is 2. The van der Waals surface area contributed by atoms with E-state index >= 15 is 0 Å². The van der Waals surface area contributed by atoms with Crippen LogP contribution in [0.2, 0.25) is 0 Å². The monoisotopic (exact) mass is 220 g/mol. The zero-order chi connectivity index (χ0) is 11.0. The fraction of sp³-hybridized carbons (Fsp3) is 0.778. The van der Waals surface area contributed by atoms with Gasteiger partial charge in [-0.25, -0.2) is 0 Å². The number of carbonyl (C=O) groups excluding carboxylic acids is 1. The number of carboxylic acids is 1. The van der Waals surface area contributed by atoms with E-state index in [1.165, 1.54) is 7.11 Å². The minimum Gasteiger partial charge on any atom is -0.481 e. The van der Waals surface area contributed by atoms with Gasteiger partial charge in [0.25, 0.3) is 0 Å². The van der Waals surface area contributed by atoms with Gasteiger partial charge < -0.3 is 9.84 Å². The van der Waals surface area contributed by atoms with Gasteiger partial charge >= 0.3 is 11.9 Å². The number of aliphatic carboxylic acids is 1. The molecule has 0 aromatic rings. The van der Waals surface area contributed by atoms with Crippen LogP contribution in [0.15, 0.2) is 0 Å². The Morgan fingerprint density at radius 1 is 1.50 bits per heavy atom. The Morgan fingerprint density at radius 3 is 2.57 bits per heavy atom. The molecule has 82 valence electrons. The molecule has 0 amide bonds. The van der Waals surface area contributed by atoms with Gasteiger partial charge in [0.1, 0.15) is 0 Å². The molecule has 1 N–H and O–H groups in total. The highest BCUT2D eigenvalue weighted by Gasteiger charge is 2.26. The number of methoxy groups -OCH3 is 1. The average Bonchev–Trinajstić information content (AvgIpc) is 2.16. The Bertz CT molecular complexity index is 193. The van der Waals surface area contributed by atoms with E-state index in [0.717, 1.165) is 17.9 Å². The normalized spacial score (nSPS) is 12.1. The lowest BCUT2D eigenvalue weighted by Gasteiger charge is -2.08. The standard InChI is InChI=1S/C9H16O4S/c1-3-14-6-4-5-7(8(10)11)9(12)13-2/h7H,3-6H2,1-2H3,(H,10,11). The van der Waals surface area contributed by atoms with Crippen LogP contribution in [0.4, 0.5) is 0 Å². The van der Waals surface area contributed by atoms with Crippen LogP contribution in [0.25, 0.3) is 0 Å². The van der Waals surface area contributed by atoms with E-state index in [2.05, 4.69) is 4.74 Å². The molecular weight excluding hydrogens is 204 g/mol. The molecule has 0 bridgehead atoms. The lowest BCUT2D eigenvalue weighted by Crippen LogP contribution is -2.25. The lowest BCUT2D eigenvalue weighted by atomic mass is 10.0. The molecule has 0 aliphatic rings. The molecule has 1 unspecified atom stereocenters. The summed E-state index contributed by atoms with van der Waals surface area (Å²) in [6.45, 7) is 2.04. The Morgan fingerprint density at radius 2 is 2.14 bits per heavy atom. The van der Waals surface area contributed by atoms with Gasteiger partial charge in [0, 0.05) is 0 Å². The molecule has 0 aromatic carbocycles. The summed E-state index contributed by atoms with van der Waals surface area (Å²) in [6, 6.07) is 0. The van der Waals surface area contributed by atoms with E-state index in [4.69, 9.17) is 5.11 Å². The second-order valence-corrected chi connectivity index (χ2v) is 4.15. The molecular formula is C9H16O4S. The molecule has 0 heterocycles. The van der Waals surface area contributed by atoms with Crippen molar-refractivity contribution in [2.24, 2.45) is 5.92 Å². The van der Waals surface area contributed by atoms with Crippen LogP contribution in [0.1, 0.15) is 19.8 Å². The van der Waals surface area contributed by atoms with Crippen molar-refractivity contribution >= 4 is 23.7 Å². The number of hydrogen-bond acceptors (Lipinski definition) is 4. The summed E-state index contributed by atoms with van der Waals surface area (Å²) in [5, 5.41) is 8.72. The molecule has 0 saturated heterocycles. The quantitative estimate of drug-likeness (QED) is 0.399. The molecule has 0 aromatic heterocycles. The van der Waals surface area contributed by atoms with Gasteiger partial charge in [0.15, 0.2) is 5.92 Å². The van der Waals surface area contributed by atoms with Crippen molar-refractivity contribution in [3.8, 4) is 0 Å². The van der Waals surface area contributed by atoms with Crippen LogP contribution in [-0.4, -0.2) is 35.7 Å². The summed E-state index contributed by atoms with van der Waals surface area (Å²) in [7, 11) is 1.21. The van der Waals surface area contributed by atoms with Gasteiger partial charge in [-0.3, -0.25) is 9.59 Å². The van der Waals surface area contributed by atoms with E-state index in [0.29, 0.717) is 6.42 Å². The molecule has 0 saturated carbocycles. The van der Waals surface area contributed by atoms with Crippen LogP contribution >= 0.6 is 11.8 Å². The van der Waals surface area contributed by atoms with Gasteiger partial charge in [0.2, 0.25) is 0 Å². The number of hydrogen-bond donors (Lipinski definition) is 1. The topological polar surface area (TPSA) is 63.6 Å². The highest BCUT2D eigenvalue weighted by molar-refractivity contribution is 7.99. The predicted octanol–water partition coefficient (Wildman–Crippen LogP) is 1.39. The SMILES string of the molecule is CCSCCCC(C(=O)O)C(=O)OC. The van der Waals surface area contributed by atoms with Crippen molar-refractivity contribution in [1.29, 1.82) is 0 Å². The highest BCUT2D eigenvalue weighted by atomic mass is 32.2. The van der Waals surface area contributed by atoms with Gasteiger partial charge in [-0.1, -0.05) is 6.92 Å². The van der Waals surface area contributed by atoms with E-state index in [9.17, 15) is 9.59 Å². The van der Waals surface area contributed by atoms with Crippen LogP contribution < -0.4 is 0 Å². The molecule has 1 atom stereocenters. The van der Waals surface area contributed by atoms with E-state index < -0.39 is 17.9 Å². The minimum absolute atomic E-state index is 0.356. The Hall–Kier alpha value is -0.710. The molecule has 14 heavy (non-hydrogen) atoms. The van der Waals surface area contributed by atoms with Crippen LogP contribution in [0, 0.1) is 5.92 Å². The average molecular weight is 220 g/mol. The van der Waals surface area contributed by atoms with Gasteiger partial charge in [-0.05, 0) is 24.3 Å². The summed E-state index contributed by atoms with van der Waals surface area (Å²) in [4.78, 5) is 21.7. The summed E-state index contributed by atoms with van der Waals surface area (Å²) in [6.07, 6.45) is 1.08. The van der Waals surface area contributed by atoms with Crippen molar-refractivity contribution < 1.29 is 19.4 Å². The maximum absolute atomic E-state index is 11.0. The number of rotatable bonds is 7. The van der Waals surface area contributed by atoms with Gasteiger partial charge in [-0.2, -0.15) is 11.8 Å². The zero-order valence-electron chi connectivity index (χ0n) is 8.49. The molecule has 0 fully saturated rings. The first-order valence-electron chi connectivity index (χ1n) is 4.51. The molecule has 0 spiro atoms. The Labute approximate surface area is 88.0 Å². The summed E-state index contributed by atoms with van der Waals surface area (Å²) < 4.78 is 4.40. The Kier molecular flexibility index (Phi) is 7.28. The van der Waals surface area contributed by atoms with E-state index in [-0.39, 0.29) is 0 Å². The van der Waals surface area contributed by atoms with Gasteiger partial charge in [-0.15, -0.1) is 0 Å². The first-order valence-corrected chi connectivity index (χ1v) is 5.67. The maximum atomic E-state index is 11.0. The molecule has 0 rings (SSSR count). The summed E-state index contributed by atoms with van der Waals surface area (Å²) in [5.74, 6) is -0.859. The third kappa shape index (κ3) is 5.11. The summed E-state index contributed by atoms with van der Waals surface area (Å²) >= 11 is 1.74. The largest absolute Gasteiger partial charge is 0.481 e. The van der Waals surface area contributed by atoms with Crippen molar-refractivity contribution in [3.63, 3.8) is 0 Å². The number of ether oxygens (including phenoxy) is 1. The van der Waals surface area contributed by atoms with E-state index in [1.54, 1.807) is 11.8 Å². The number of carboxylic acid groups (broad SMARTS) is 1. The molecule has 0 aliphatic carbocycles. The van der Waals surface area contributed by atoms with Crippen LogP contribution in [0.3, 0.4) is 0 Å². The number of thioether (sulfide) groups is 1. The third-order valence-electron chi connectivity index (χ3n) is 1.77. The number of esters is 1. The smallest absolute Gasteiger partial charge is 0.320 e. The van der Waals surface area contributed by atoms with Crippen molar-refractivity contribution in [3.05, 3.63) is 0 Å². The van der Waals surface area contributed by atoms with Crippen LogP contribution in [-0.2, 0) is 14.3 Å². The lowest BCUT2D eigenvalue weighted by molar-refractivity contribution is -0.157. The second kappa shape index (κ2) is 7.67. The van der Waals surface area contributed by atoms with Crippen molar-refractivity contribution in [2.45, 2.75) is 19.8 Å².